The van der Waals surface area contributed by atoms with Crippen molar-refractivity contribution in [3.05, 3.63) is 47.5 Å². The predicted molar refractivity (Wildman–Crippen MR) is 149 cm³/mol. The van der Waals surface area contributed by atoms with Crippen molar-refractivity contribution in [3.8, 4) is 0 Å². The topological polar surface area (TPSA) is 100 Å². The first-order chi connectivity index (χ1) is 19.1. The smallest absolute Gasteiger partial charge is 0.475 e. The first-order valence-corrected chi connectivity index (χ1v) is 13.6. The molecule has 0 unspecified atom stereocenters. The Morgan fingerprint density at radius 1 is 1.15 bits per heavy atom. The molecule has 13 heteroatoms. The molecule has 1 saturated carbocycles. The number of carboxylic acid groups (broad SMARTS) is 1. The molecule has 0 radical (unpaired) electrons. The number of aromatic nitrogens is 4. The highest BCUT2D eigenvalue weighted by atomic mass is 35.5. The summed E-state index contributed by atoms with van der Waals surface area (Å²) in [5.74, 6) is -1.78. The number of imidazole rings is 2. The van der Waals surface area contributed by atoms with E-state index in [1.165, 1.54) is 36.9 Å². The summed E-state index contributed by atoms with van der Waals surface area (Å²) in [4.78, 5) is 21.1. The second-order valence-electron chi connectivity index (χ2n) is 10.1. The highest BCUT2D eigenvalue weighted by Gasteiger charge is 2.38. The van der Waals surface area contributed by atoms with Crippen LogP contribution < -0.4 is 15.5 Å². The lowest BCUT2D eigenvalue weighted by atomic mass is 10.1. The molecular weight excluding hydrogens is 547 g/mol. The van der Waals surface area contributed by atoms with E-state index in [1.807, 2.05) is 31.6 Å². The Labute approximate surface area is 233 Å². The van der Waals surface area contributed by atoms with E-state index in [1.54, 1.807) is 0 Å². The Morgan fingerprint density at radius 3 is 2.52 bits per heavy atom. The molecular formula is C27H31ClF3N7O2. The molecule has 3 heterocycles. The third-order valence-electron chi connectivity index (χ3n) is 7.48. The molecule has 0 bridgehead atoms. The number of alkyl halides is 3. The normalized spacial score (nSPS) is 16.4. The van der Waals surface area contributed by atoms with Gasteiger partial charge < -0.3 is 29.8 Å². The standard InChI is InChI=1S/C25H30ClN7.C2HF3O2/c1-31-22-12-17(26)6-7-20(22)30-24(31)15-28-21-13-19(32-10-8-27-9-11-32)14-23-25(21)29-16-33(23)18-4-2-3-5-18;3-2(4,5)1(6)7/h6-7,12-14,16,18,27-28H,2-5,8-11,15H2,1H3;(H,6,7). The van der Waals surface area contributed by atoms with Gasteiger partial charge in [-0.05, 0) is 43.2 Å². The second kappa shape index (κ2) is 11.5. The van der Waals surface area contributed by atoms with Gasteiger partial charge in [-0.3, -0.25) is 0 Å². The number of halogens is 4. The van der Waals surface area contributed by atoms with Crippen LogP contribution in [0.25, 0.3) is 22.1 Å². The molecule has 2 fully saturated rings. The number of piperazine rings is 1. The summed E-state index contributed by atoms with van der Waals surface area (Å²) in [7, 11) is 2.05. The fraction of sp³-hybridized carbons (Fsp3) is 0.444. The number of carbonyl (C=O) groups is 1. The van der Waals surface area contributed by atoms with Crippen LogP contribution in [-0.4, -0.2) is 62.5 Å². The Kier molecular flexibility index (Phi) is 8.09. The summed E-state index contributed by atoms with van der Waals surface area (Å²) < 4.78 is 36.3. The number of benzene rings is 2. The van der Waals surface area contributed by atoms with Crippen LogP contribution >= 0.6 is 11.6 Å². The molecule has 2 aliphatic rings. The van der Waals surface area contributed by atoms with E-state index in [2.05, 4.69) is 36.8 Å². The molecule has 0 atom stereocenters. The lowest BCUT2D eigenvalue weighted by molar-refractivity contribution is -0.192. The van der Waals surface area contributed by atoms with Gasteiger partial charge in [-0.15, -0.1) is 0 Å². The minimum absolute atomic E-state index is 0.561. The van der Waals surface area contributed by atoms with Gasteiger partial charge in [-0.1, -0.05) is 24.4 Å². The van der Waals surface area contributed by atoms with Crippen molar-refractivity contribution in [2.45, 2.75) is 44.4 Å². The number of aryl methyl sites for hydroxylation is 1. The van der Waals surface area contributed by atoms with Crippen molar-refractivity contribution in [1.82, 2.24) is 24.4 Å². The third-order valence-corrected chi connectivity index (χ3v) is 7.71. The molecule has 1 aliphatic heterocycles. The minimum atomic E-state index is -5.08. The number of aliphatic carboxylic acids is 1. The maximum absolute atomic E-state index is 10.6. The second-order valence-corrected chi connectivity index (χ2v) is 10.5. The van der Waals surface area contributed by atoms with Crippen molar-refractivity contribution in [2.75, 3.05) is 36.4 Å². The highest BCUT2D eigenvalue weighted by molar-refractivity contribution is 6.31. The first kappa shape index (κ1) is 28.0. The summed E-state index contributed by atoms with van der Waals surface area (Å²) >= 11 is 6.21. The van der Waals surface area contributed by atoms with Crippen molar-refractivity contribution in [1.29, 1.82) is 0 Å². The van der Waals surface area contributed by atoms with Gasteiger partial charge in [-0.25, -0.2) is 14.8 Å². The van der Waals surface area contributed by atoms with E-state index in [4.69, 9.17) is 31.5 Å². The van der Waals surface area contributed by atoms with Crippen LogP contribution in [0.3, 0.4) is 0 Å². The Bertz CT molecular complexity index is 1510. The largest absolute Gasteiger partial charge is 0.490 e. The monoisotopic (exact) mass is 577 g/mol. The molecule has 3 N–H and O–H groups in total. The van der Waals surface area contributed by atoms with Crippen molar-refractivity contribution in [2.24, 2.45) is 7.05 Å². The summed E-state index contributed by atoms with van der Waals surface area (Å²) in [5, 5.41) is 15.0. The predicted octanol–water partition coefficient (Wildman–Crippen LogP) is 5.35. The highest BCUT2D eigenvalue weighted by Crippen LogP contribution is 2.36. The van der Waals surface area contributed by atoms with Gasteiger partial charge in [0.1, 0.15) is 11.3 Å². The van der Waals surface area contributed by atoms with Gasteiger partial charge in [0.2, 0.25) is 0 Å². The fourth-order valence-electron chi connectivity index (χ4n) is 5.38. The molecule has 2 aromatic carbocycles. The molecule has 9 nitrogen and oxygen atoms in total. The number of anilines is 2. The third kappa shape index (κ3) is 5.97. The summed E-state index contributed by atoms with van der Waals surface area (Å²) in [6.07, 6.45) is 2.07. The van der Waals surface area contributed by atoms with E-state index >= 15 is 0 Å². The molecule has 40 heavy (non-hydrogen) atoms. The van der Waals surface area contributed by atoms with Crippen LogP contribution in [0.4, 0.5) is 24.5 Å². The average Bonchev–Trinajstić information content (AvgIpc) is 3.67. The fourth-order valence-corrected chi connectivity index (χ4v) is 5.54. The average molecular weight is 578 g/mol. The van der Waals surface area contributed by atoms with Crippen LogP contribution in [0.2, 0.25) is 5.02 Å². The van der Waals surface area contributed by atoms with Crippen molar-refractivity contribution in [3.63, 3.8) is 0 Å². The number of nitrogens with one attached hydrogen (secondary N) is 2. The Hall–Kier alpha value is -3.51. The first-order valence-electron chi connectivity index (χ1n) is 13.2. The number of hydrogen-bond donors (Lipinski definition) is 3. The molecule has 0 spiro atoms. The van der Waals surface area contributed by atoms with Gasteiger partial charge in [0, 0.05) is 50.0 Å². The summed E-state index contributed by atoms with van der Waals surface area (Å²) in [6, 6.07) is 11.0. The van der Waals surface area contributed by atoms with Crippen molar-refractivity contribution < 1.29 is 23.1 Å². The molecule has 4 aromatic rings. The zero-order valence-electron chi connectivity index (χ0n) is 22.0. The van der Waals surface area contributed by atoms with Gasteiger partial charge >= 0.3 is 12.1 Å². The molecule has 1 aliphatic carbocycles. The zero-order valence-corrected chi connectivity index (χ0v) is 22.8. The van der Waals surface area contributed by atoms with E-state index in [0.29, 0.717) is 12.6 Å². The van der Waals surface area contributed by atoms with E-state index in [0.717, 1.165) is 59.3 Å². The molecule has 0 amide bonds. The Morgan fingerprint density at radius 2 is 1.85 bits per heavy atom. The number of fused-ring (bicyclic) bond motifs is 2. The summed E-state index contributed by atoms with van der Waals surface area (Å²) in [6.45, 7) is 4.71. The zero-order chi connectivity index (χ0) is 28.4. The summed E-state index contributed by atoms with van der Waals surface area (Å²) in [5.41, 5.74) is 6.62. The Balaban J connectivity index is 0.000000411. The quantitative estimate of drug-likeness (QED) is 0.294. The van der Waals surface area contributed by atoms with Gasteiger partial charge in [-0.2, -0.15) is 13.2 Å². The van der Waals surface area contributed by atoms with Crippen LogP contribution in [-0.2, 0) is 18.4 Å². The SMILES string of the molecule is Cn1c(CNc2cc(N3CCNCC3)cc3c2ncn3C2CCCC2)nc2ccc(Cl)cc21.O=C(O)C(F)(F)F. The number of rotatable bonds is 5. The van der Waals surface area contributed by atoms with Gasteiger partial charge in [0.15, 0.2) is 0 Å². The van der Waals surface area contributed by atoms with Crippen LogP contribution in [0.15, 0.2) is 36.7 Å². The van der Waals surface area contributed by atoms with Crippen molar-refractivity contribution >= 4 is 51.0 Å². The maximum atomic E-state index is 10.6. The number of hydrogen-bond acceptors (Lipinski definition) is 6. The van der Waals surface area contributed by atoms with E-state index < -0.39 is 12.1 Å². The van der Waals surface area contributed by atoms with E-state index in [9.17, 15) is 13.2 Å². The number of carboxylic acids is 1. The molecule has 1 saturated heterocycles. The van der Waals surface area contributed by atoms with Crippen LogP contribution in [0.5, 0.6) is 0 Å². The van der Waals surface area contributed by atoms with E-state index in [-0.39, 0.29) is 0 Å². The van der Waals surface area contributed by atoms with Gasteiger partial charge in [0.25, 0.3) is 0 Å². The lowest BCUT2D eigenvalue weighted by Gasteiger charge is -2.30. The van der Waals surface area contributed by atoms with Crippen LogP contribution in [0, 0.1) is 0 Å². The molecule has 2 aromatic heterocycles. The molecule has 214 valence electrons. The lowest BCUT2D eigenvalue weighted by Crippen LogP contribution is -2.43. The van der Waals surface area contributed by atoms with Crippen LogP contribution in [0.1, 0.15) is 37.5 Å². The number of nitrogens with zero attached hydrogens (tertiary/aromatic N) is 5. The maximum Gasteiger partial charge on any atom is 0.490 e. The molecule has 6 rings (SSSR count). The van der Waals surface area contributed by atoms with Gasteiger partial charge in [0.05, 0.1) is 35.1 Å². The minimum Gasteiger partial charge on any atom is -0.475 e.